The van der Waals surface area contributed by atoms with Crippen LogP contribution in [0.1, 0.15) is 60.3 Å². The van der Waals surface area contributed by atoms with E-state index in [4.69, 9.17) is 4.74 Å². The second kappa shape index (κ2) is 6.71. The highest BCUT2D eigenvalue weighted by Crippen LogP contribution is 2.27. The molecule has 1 aliphatic rings. The van der Waals surface area contributed by atoms with Gasteiger partial charge in [-0.25, -0.2) is 0 Å². The summed E-state index contributed by atoms with van der Waals surface area (Å²) in [5.41, 5.74) is -0.139. The van der Waals surface area contributed by atoms with Crippen molar-refractivity contribution in [3.05, 3.63) is 0 Å². The van der Waals surface area contributed by atoms with Crippen LogP contribution in [0.2, 0.25) is 0 Å². The summed E-state index contributed by atoms with van der Waals surface area (Å²) in [5.74, 6) is 0.116. The molecule has 2 atom stereocenters. The quantitative estimate of drug-likeness (QED) is 0.805. The molecule has 1 heterocycles. The van der Waals surface area contributed by atoms with Crippen LogP contribution in [0.5, 0.6) is 0 Å². The van der Waals surface area contributed by atoms with E-state index in [0.29, 0.717) is 12.5 Å². The molecule has 1 aliphatic heterocycles. The van der Waals surface area contributed by atoms with Crippen molar-refractivity contribution in [2.24, 2.45) is 0 Å². The topological polar surface area (TPSA) is 50.4 Å². The Labute approximate surface area is 117 Å². The third-order valence-electron chi connectivity index (χ3n) is 3.64. The van der Waals surface area contributed by atoms with Gasteiger partial charge in [-0.2, -0.15) is 0 Å². The summed E-state index contributed by atoms with van der Waals surface area (Å²) in [7, 11) is 0. The Morgan fingerprint density at radius 3 is 2.68 bits per heavy atom. The third-order valence-corrected chi connectivity index (χ3v) is 3.64. The highest BCUT2D eigenvalue weighted by molar-refractivity contribution is 5.76. The molecule has 2 unspecified atom stereocenters. The lowest BCUT2D eigenvalue weighted by molar-refractivity contribution is -0.122. The summed E-state index contributed by atoms with van der Waals surface area (Å²) in [6.45, 7) is 11.9. The summed E-state index contributed by atoms with van der Waals surface area (Å²) < 4.78 is 5.82. The Kier molecular flexibility index (Phi) is 5.81. The molecule has 19 heavy (non-hydrogen) atoms. The first-order chi connectivity index (χ1) is 8.74. The molecule has 0 bridgehead atoms. The first kappa shape index (κ1) is 16.4. The molecule has 1 amide bonds. The average Bonchev–Trinajstić information content (AvgIpc) is 2.27. The van der Waals surface area contributed by atoms with Crippen LogP contribution in [-0.2, 0) is 9.53 Å². The van der Waals surface area contributed by atoms with E-state index in [0.717, 1.165) is 32.4 Å². The minimum Gasteiger partial charge on any atom is -0.375 e. The van der Waals surface area contributed by atoms with Crippen molar-refractivity contribution in [3.63, 3.8) is 0 Å². The Hall–Kier alpha value is -0.610. The molecular weight excluding hydrogens is 240 g/mol. The molecule has 1 rings (SSSR count). The van der Waals surface area contributed by atoms with Crippen LogP contribution in [0.25, 0.3) is 0 Å². The van der Waals surface area contributed by atoms with Gasteiger partial charge in [0.1, 0.15) is 0 Å². The Morgan fingerprint density at radius 1 is 1.42 bits per heavy atom. The van der Waals surface area contributed by atoms with Gasteiger partial charge in [-0.3, -0.25) is 4.79 Å². The maximum atomic E-state index is 11.7. The van der Waals surface area contributed by atoms with Crippen LogP contribution in [0.4, 0.5) is 0 Å². The Balaban J connectivity index is 2.24. The van der Waals surface area contributed by atoms with E-state index in [1.807, 2.05) is 20.8 Å². The van der Waals surface area contributed by atoms with Gasteiger partial charge >= 0.3 is 0 Å². The van der Waals surface area contributed by atoms with Crippen LogP contribution in [0.3, 0.4) is 0 Å². The van der Waals surface area contributed by atoms with E-state index in [-0.39, 0.29) is 17.0 Å². The SMILES string of the molecule is CCC1(C)CC(NCCC(=O)NC(C)(C)C)CCO1. The summed E-state index contributed by atoms with van der Waals surface area (Å²) >= 11 is 0. The number of hydrogen-bond acceptors (Lipinski definition) is 3. The zero-order chi connectivity index (χ0) is 14.5. The van der Waals surface area contributed by atoms with Gasteiger partial charge in [0, 0.05) is 31.2 Å². The van der Waals surface area contributed by atoms with Gasteiger partial charge in [-0.15, -0.1) is 0 Å². The predicted octanol–water partition coefficient (Wildman–Crippen LogP) is 2.23. The average molecular weight is 270 g/mol. The van der Waals surface area contributed by atoms with Gasteiger partial charge in [0.05, 0.1) is 5.60 Å². The number of amides is 1. The lowest BCUT2D eigenvalue weighted by atomic mass is 9.90. The molecule has 0 aliphatic carbocycles. The molecule has 2 N–H and O–H groups in total. The van der Waals surface area contributed by atoms with Crippen LogP contribution < -0.4 is 10.6 Å². The van der Waals surface area contributed by atoms with Crippen molar-refractivity contribution in [1.82, 2.24) is 10.6 Å². The molecule has 1 fully saturated rings. The molecule has 0 aromatic carbocycles. The van der Waals surface area contributed by atoms with Gasteiger partial charge in [-0.05, 0) is 47.0 Å². The van der Waals surface area contributed by atoms with E-state index >= 15 is 0 Å². The van der Waals surface area contributed by atoms with E-state index in [9.17, 15) is 4.79 Å². The normalized spacial score (nSPS) is 28.2. The number of ether oxygens (including phenoxy) is 1. The number of nitrogens with one attached hydrogen (secondary N) is 2. The van der Waals surface area contributed by atoms with E-state index in [2.05, 4.69) is 24.5 Å². The van der Waals surface area contributed by atoms with Gasteiger partial charge in [-0.1, -0.05) is 6.92 Å². The smallest absolute Gasteiger partial charge is 0.221 e. The molecule has 1 saturated heterocycles. The molecule has 0 aromatic heterocycles. The molecule has 4 heteroatoms. The van der Waals surface area contributed by atoms with Crippen molar-refractivity contribution in [3.8, 4) is 0 Å². The standard InChI is InChI=1S/C15H30N2O2/c1-6-15(5)11-12(8-10-19-15)16-9-7-13(18)17-14(2,3)4/h12,16H,6-11H2,1-5H3,(H,17,18). The number of rotatable bonds is 5. The van der Waals surface area contributed by atoms with Crippen LogP contribution in [0, 0.1) is 0 Å². The monoisotopic (exact) mass is 270 g/mol. The van der Waals surface area contributed by atoms with Crippen LogP contribution in [-0.4, -0.2) is 36.2 Å². The van der Waals surface area contributed by atoms with E-state index in [1.165, 1.54) is 0 Å². The van der Waals surface area contributed by atoms with Gasteiger partial charge in [0.2, 0.25) is 5.91 Å². The molecule has 4 nitrogen and oxygen atoms in total. The fraction of sp³-hybridized carbons (Fsp3) is 0.933. The van der Waals surface area contributed by atoms with Crippen molar-refractivity contribution >= 4 is 5.91 Å². The molecule has 0 saturated carbocycles. The number of hydrogen-bond donors (Lipinski definition) is 2. The second-order valence-corrected chi connectivity index (χ2v) is 6.84. The van der Waals surface area contributed by atoms with Crippen LogP contribution >= 0.6 is 0 Å². The molecular formula is C15H30N2O2. The van der Waals surface area contributed by atoms with Gasteiger partial charge in [0.15, 0.2) is 0 Å². The van der Waals surface area contributed by atoms with Crippen molar-refractivity contribution in [2.45, 2.75) is 77.5 Å². The molecule has 0 spiro atoms. The summed E-state index contributed by atoms with van der Waals surface area (Å²) in [5, 5.41) is 6.47. The lowest BCUT2D eigenvalue weighted by Crippen LogP contribution is -2.46. The number of carbonyl (C=O) groups is 1. The Morgan fingerprint density at radius 2 is 2.11 bits per heavy atom. The highest BCUT2D eigenvalue weighted by atomic mass is 16.5. The summed E-state index contributed by atoms with van der Waals surface area (Å²) in [4.78, 5) is 11.7. The first-order valence-electron chi connectivity index (χ1n) is 7.42. The van der Waals surface area contributed by atoms with Crippen LogP contribution in [0.15, 0.2) is 0 Å². The second-order valence-electron chi connectivity index (χ2n) is 6.84. The summed E-state index contributed by atoms with van der Waals surface area (Å²) in [6.07, 6.45) is 3.65. The minimum atomic E-state index is -0.142. The third kappa shape index (κ3) is 6.39. The summed E-state index contributed by atoms with van der Waals surface area (Å²) in [6, 6.07) is 0.473. The zero-order valence-electron chi connectivity index (χ0n) is 13.1. The van der Waals surface area contributed by atoms with Gasteiger partial charge < -0.3 is 15.4 Å². The van der Waals surface area contributed by atoms with Crippen molar-refractivity contribution in [1.29, 1.82) is 0 Å². The van der Waals surface area contributed by atoms with E-state index < -0.39 is 0 Å². The maximum Gasteiger partial charge on any atom is 0.221 e. The van der Waals surface area contributed by atoms with Gasteiger partial charge in [0.25, 0.3) is 0 Å². The Bertz CT molecular complexity index is 299. The zero-order valence-corrected chi connectivity index (χ0v) is 13.1. The minimum absolute atomic E-state index is 0.00356. The number of carbonyl (C=O) groups excluding carboxylic acids is 1. The predicted molar refractivity (Wildman–Crippen MR) is 78.2 cm³/mol. The highest BCUT2D eigenvalue weighted by Gasteiger charge is 2.31. The van der Waals surface area contributed by atoms with Crippen molar-refractivity contribution < 1.29 is 9.53 Å². The maximum absolute atomic E-state index is 11.7. The molecule has 0 aromatic rings. The molecule has 112 valence electrons. The first-order valence-corrected chi connectivity index (χ1v) is 7.42. The lowest BCUT2D eigenvalue weighted by Gasteiger charge is -2.38. The fourth-order valence-corrected chi connectivity index (χ4v) is 2.42. The van der Waals surface area contributed by atoms with Crippen molar-refractivity contribution in [2.75, 3.05) is 13.2 Å². The van der Waals surface area contributed by atoms with E-state index in [1.54, 1.807) is 0 Å². The molecule has 0 radical (unpaired) electrons. The fourth-order valence-electron chi connectivity index (χ4n) is 2.42. The largest absolute Gasteiger partial charge is 0.375 e.